The van der Waals surface area contributed by atoms with E-state index in [9.17, 15) is 14.9 Å². The van der Waals surface area contributed by atoms with Crippen LogP contribution in [0, 0.1) is 17.0 Å². The molecule has 0 aliphatic heterocycles. The highest BCUT2D eigenvalue weighted by Crippen LogP contribution is 2.25. The van der Waals surface area contributed by atoms with Crippen molar-refractivity contribution in [3.63, 3.8) is 0 Å². The second-order valence-electron chi connectivity index (χ2n) is 5.32. The maximum atomic E-state index is 12.2. The van der Waals surface area contributed by atoms with E-state index in [4.69, 9.17) is 9.47 Å². The number of carbonyl (C=O) groups is 1. The van der Waals surface area contributed by atoms with Crippen molar-refractivity contribution in [1.29, 1.82) is 0 Å². The minimum atomic E-state index is -0.919. The number of nitrogens with one attached hydrogen (secondary N) is 1. The van der Waals surface area contributed by atoms with Gasteiger partial charge in [-0.2, -0.15) is 0 Å². The average Bonchev–Trinajstić information content (AvgIpc) is 2.61. The molecule has 8 nitrogen and oxygen atoms in total. The molecule has 0 fully saturated rings. The average molecular weight is 345 g/mol. The van der Waals surface area contributed by atoms with Gasteiger partial charge in [0.1, 0.15) is 11.4 Å². The highest BCUT2D eigenvalue weighted by molar-refractivity contribution is 5.80. The smallest absolute Gasteiger partial charge is 0.406 e. The topological polar surface area (TPSA) is 104 Å². The van der Waals surface area contributed by atoms with Gasteiger partial charge in [-0.1, -0.05) is 18.2 Å². The molecule has 2 rings (SSSR count). The van der Waals surface area contributed by atoms with Crippen LogP contribution in [0.3, 0.4) is 0 Å². The van der Waals surface area contributed by atoms with E-state index in [0.29, 0.717) is 11.4 Å². The minimum Gasteiger partial charge on any atom is -0.496 e. The normalized spacial score (nSPS) is 11.5. The number of methoxy groups -OCH3 is 1. The van der Waals surface area contributed by atoms with Crippen LogP contribution in [0.25, 0.3) is 0 Å². The lowest BCUT2D eigenvalue weighted by atomic mass is 10.2. The Kier molecular flexibility index (Phi) is 5.89. The lowest BCUT2D eigenvalue weighted by Crippen LogP contribution is -2.36. The third kappa shape index (κ3) is 4.66. The van der Waals surface area contributed by atoms with Gasteiger partial charge >= 0.3 is 5.82 Å². The van der Waals surface area contributed by atoms with E-state index in [0.717, 1.165) is 5.56 Å². The third-order valence-electron chi connectivity index (χ3n) is 3.47. The summed E-state index contributed by atoms with van der Waals surface area (Å²) >= 11 is 0. The first-order chi connectivity index (χ1) is 11.9. The van der Waals surface area contributed by atoms with Gasteiger partial charge in [-0.05, 0) is 35.0 Å². The summed E-state index contributed by atoms with van der Waals surface area (Å²) in [4.78, 5) is 26.4. The molecule has 1 atom stereocenters. The van der Waals surface area contributed by atoms with Crippen LogP contribution in [-0.4, -0.2) is 29.0 Å². The van der Waals surface area contributed by atoms with Gasteiger partial charge < -0.3 is 24.9 Å². The number of aryl methyl sites for hydroxylation is 1. The largest absolute Gasteiger partial charge is 0.496 e. The van der Waals surface area contributed by atoms with Crippen molar-refractivity contribution >= 4 is 11.7 Å². The predicted octanol–water partition coefficient (Wildman–Crippen LogP) is 2.39. The summed E-state index contributed by atoms with van der Waals surface area (Å²) in [5.41, 5.74) is 1.31. The van der Waals surface area contributed by atoms with E-state index in [1.807, 2.05) is 18.2 Å². The van der Waals surface area contributed by atoms with E-state index in [2.05, 4.69) is 10.3 Å². The fourth-order valence-corrected chi connectivity index (χ4v) is 2.17. The molecule has 1 amide bonds. The first-order valence-corrected chi connectivity index (χ1v) is 7.60. The van der Waals surface area contributed by atoms with Crippen molar-refractivity contribution in [2.75, 3.05) is 7.11 Å². The number of amides is 1. The molecular weight excluding hydrogens is 326 g/mol. The van der Waals surface area contributed by atoms with E-state index >= 15 is 0 Å². The van der Waals surface area contributed by atoms with E-state index in [1.165, 1.54) is 13.0 Å². The van der Waals surface area contributed by atoms with Crippen molar-refractivity contribution in [3.05, 3.63) is 57.8 Å². The molecule has 0 radical (unpaired) electrons. The maximum Gasteiger partial charge on any atom is 0.406 e. The fraction of sp³-hybridized carbons (Fsp3) is 0.294. The first kappa shape index (κ1) is 18.2. The van der Waals surface area contributed by atoms with Crippen LogP contribution in [0.1, 0.15) is 18.2 Å². The third-order valence-corrected chi connectivity index (χ3v) is 3.47. The number of para-hydroxylation sites is 1. The molecule has 25 heavy (non-hydrogen) atoms. The van der Waals surface area contributed by atoms with Crippen molar-refractivity contribution in [2.45, 2.75) is 26.5 Å². The number of nitrogens with zero attached hydrogens (tertiary/aromatic N) is 2. The molecule has 0 saturated carbocycles. The molecule has 132 valence electrons. The lowest BCUT2D eigenvalue weighted by molar-refractivity contribution is -0.390. The number of ether oxygens (including phenoxy) is 2. The van der Waals surface area contributed by atoms with Crippen LogP contribution >= 0.6 is 0 Å². The highest BCUT2D eigenvalue weighted by atomic mass is 16.6. The summed E-state index contributed by atoms with van der Waals surface area (Å²) in [5.74, 6) is -0.199. The van der Waals surface area contributed by atoms with E-state index < -0.39 is 22.8 Å². The summed E-state index contributed by atoms with van der Waals surface area (Å²) in [6.45, 7) is 3.41. The monoisotopic (exact) mass is 345 g/mol. The molecule has 2 aromatic rings. The quantitative estimate of drug-likeness (QED) is 0.610. The Morgan fingerprint density at radius 3 is 2.68 bits per heavy atom. The molecule has 0 unspecified atom stereocenters. The van der Waals surface area contributed by atoms with E-state index in [-0.39, 0.29) is 12.3 Å². The summed E-state index contributed by atoms with van der Waals surface area (Å²) in [5, 5.41) is 13.8. The Bertz CT molecular complexity index is 779. The number of carbonyl (C=O) groups excluding carboxylic acids is 1. The fourth-order valence-electron chi connectivity index (χ4n) is 2.17. The zero-order chi connectivity index (χ0) is 18.4. The SMILES string of the molecule is COc1ccccc1CNC(=O)[C@@H](C)Oc1ccc(C)nc1[N+](=O)[O-]. The number of aromatic nitrogens is 1. The summed E-state index contributed by atoms with van der Waals surface area (Å²) in [6, 6.07) is 10.3. The van der Waals surface area contributed by atoms with Gasteiger partial charge in [0.05, 0.1) is 7.11 Å². The highest BCUT2D eigenvalue weighted by Gasteiger charge is 2.22. The molecule has 1 heterocycles. The zero-order valence-electron chi connectivity index (χ0n) is 14.2. The second-order valence-corrected chi connectivity index (χ2v) is 5.32. The van der Waals surface area contributed by atoms with Crippen LogP contribution in [0.2, 0.25) is 0 Å². The molecule has 1 N–H and O–H groups in total. The van der Waals surface area contributed by atoms with Gasteiger partial charge in [-0.3, -0.25) is 4.79 Å². The summed E-state index contributed by atoms with van der Waals surface area (Å²) < 4.78 is 10.6. The number of pyridine rings is 1. The second kappa shape index (κ2) is 8.09. The number of hydrogen-bond donors (Lipinski definition) is 1. The molecule has 1 aromatic carbocycles. The maximum absolute atomic E-state index is 12.2. The minimum absolute atomic E-state index is 0.0458. The summed E-state index contributed by atoms with van der Waals surface area (Å²) in [7, 11) is 1.55. The molecule has 8 heteroatoms. The van der Waals surface area contributed by atoms with Crippen molar-refractivity contribution < 1.29 is 19.2 Å². The van der Waals surface area contributed by atoms with Crippen LogP contribution in [0.4, 0.5) is 5.82 Å². The van der Waals surface area contributed by atoms with E-state index in [1.54, 1.807) is 26.2 Å². The Morgan fingerprint density at radius 2 is 2.00 bits per heavy atom. The molecule has 0 spiro atoms. The van der Waals surface area contributed by atoms with Gasteiger partial charge in [-0.25, -0.2) is 0 Å². The van der Waals surface area contributed by atoms with Gasteiger partial charge in [0.25, 0.3) is 5.91 Å². The predicted molar refractivity (Wildman–Crippen MR) is 90.6 cm³/mol. The van der Waals surface area contributed by atoms with Gasteiger partial charge in [0.15, 0.2) is 6.10 Å². The first-order valence-electron chi connectivity index (χ1n) is 7.60. The zero-order valence-corrected chi connectivity index (χ0v) is 14.2. The van der Waals surface area contributed by atoms with Crippen LogP contribution in [0.5, 0.6) is 11.5 Å². The molecular formula is C17H19N3O5. The molecule has 0 saturated heterocycles. The summed E-state index contributed by atoms with van der Waals surface area (Å²) in [6.07, 6.45) is -0.919. The molecule has 0 bridgehead atoms. The van der Waals surface area contributed by atoms with Crippen LogP contribution < -0.4 is 14.8 Å². The Morgan fingerprint density at radius 1 is 1.28 bits per heavy atom. The van der Waals surface area contributed by atoms with Gasteiger partial charge in [0.2, 0.25) is 5.75 Å². The molecule has 0 aliphatic carbocycles. The molecule has 1 aromatic heterocycles. The number of rotatable bonds is 7. The Labute approximate surface area is 144 Å². The van der Waals surface area contributed by atoms with Crippen LogP contribution in [0.15, 0.2) is 36.4 Å². The number of hydrogen-bond acceptors (Lipinski definition) is 6. The Balaban J connectivity index is 2.02. The van der Waals surface area contributed by atoms with Crippen molar-refractivity contribution in [1.82, 2.24) is 10.3 Å². The Hall–Kier alpha value is -3.16. The van der Waals surface area contributed by atoms with Gasteiger partial charge in [0, 0.05) is 19.0 Å². The van der Waals surface area contributed by atoms with Gasteiger partial charge in [-0.15, -0.1) is 0 Å². The van der Waals surface area contributed by atoms with Crippen molar-refractivity contribution in [2.24, 2.45) is 0 Å². The lowest BCUT2D eigenvalue weighted by Gasteiger charge is -2.15. The number of benzene rings is 1. The van der Waals surface area contributed by atoms with Crippen LogP contribution in [-0.2, 0) is 11.3 Å². The van der Waals surface area contributed by atoms with Crippen molar-refractivity contribution in [3.8, 4) is 11.5 Å². The number of nitro groups is 1. The molecule has 0 aliphatic rings. The standard InChI is InChI=1S/C17H19N3O5/c1-11-8-9-15(16(19-11)20(22)23)25-12(2)17(21)18-10-13-6-4-5-7-14(13)24-3/h4-9,12H,10H2,1-3H3,(H,18,21)/t12-/m1/s1.